The second-order valence-electron chi connectivity index (χ2n) is 4.60. The van der Waals surface area contributed by atoms with Crippen LogP contribution in [0.4, 0.5) is 5.13 Å². The van der Waals surface area contributed by atoms with Crippen LogP contribution in [0.2, 0.25) is 0 Å². The number of amides is 1. The molecule has 1 aliphatic heterocycles. The van der Waals surface area contributed by atoms with Crippen molar-refractivity contribution in [1.82, 2.24) is 15.1 Å². The van der Waals surface area contributed by atoms with Crippen molar-refractivity contribution in [3.63, 3.8) is 0 Å². The van der Waals surface area contributed by atoms with Gasteiger partial charge in [-0.15, -0.1) is 10.2 Å². The maximum Gasteiger partial charge on any atom is 0.231 e. The number of carbonyl (C=O) groups excluding carboxylic acids is 1. The summed E-state index contributed by atoms with van der Waals surface area (Å²) in [5.74, 6) is -0.0538. The number of carbonyl (C=O) groups is 1. The number of ether oxygens (including phenoxy) is 1. The molecular weight excluding hydrogens is 252 g/mol. The van der Waals surface area contributed by atoms with E-state index in [1.165, 1.54) is 11.3 Å². The average Bonchev–Trinajstić information content (AvgIpc) is 2.97. The van der Waals surface area contributed by atoms with Crippen LogP contribution in [0, 0.1) is 5.92 Å². The number of hydrogen-bond donors (Lipinski definition) is 1. The van der Waals surface area contributed by atoms with E-state index in [0.717, 1.165) is 24.4 Å². The van der Waals surface area contributed by atoms with Crippen LogP contribution < -0.4 is 5.32 Å². The van der Waals surface area contributed by atoms with E-state index in [1.807, 2.05) is 14.1 Å². The number of rotatable bonds is 5. The number of nitrogens with one attached hydrogen (secondary N) is 1. The molecule has 0 saturated carbocycles. The summed E-state index contributed by atoms with van der Waals surface area (Å²) in [6.07, 6.45) is 1.64. The summed E-state index contributed by atoms with van der Waals surface area (Å²) in [4.78, 5) is 13.9. The van der Waals surface area contributed by atoms with Gasteiger partial charge in [0.2, 0.25) is 11.0 Å². The minimum absolute atomic E-state index is 0.0113. The largest absolute Gasteiger partial charge is 0.381 e. The van der Waals surface area contributed by atoms with Gasteiger partial charge in [0.05, 0.1) is 12.5 Å². The molecule has 0 radical (unpaired) electrons. The van der Waals surface area contributed by atoms with Gasteiger partial charge in [-0.3, -0.25) is 4.79 Å². The molecule has 1 aromatic heterocycles. The van der Waals surface area contributed by atoms with Gasteiger partial charge < -0.3 is 15.0 Å². The second kappa shape index (κ2) is 6.21. The lowest BCUT2D eigenvalue weighted by atomic mass is 10.1. The van der Waals surface area contributed by atoms with E-state index in [9.17, 15) is 4.79 Å². The average molecular weight is 270 g/mol. The van der Waals surface area contributed by atoms with E-state index < -0.39 is 0 Å². The first-order valence-electron chi connectivity index (χ1n) is 6.01. The van der Waals surface area contributed by atoms with Crippen molar-refractivity contribution >= 4 is 22.4 Å². The molecule has 0 bridgehead atoms. The van der Waals surface area contributed by atoms with Crippen LogP contribution in [-0.2, 0) is 16.0 Å². The molecule has 0 aromatic carbocycles. The Labute approximate surface area is 110 Å². The first-order valence-corrected chi connectivity index (χ1v) is 6.82. The topological polar surface area (TPSA) is 67.4 Å². The van der Waals surface area contributed by atoms with E-state index in [4.69, 9.17) is 4.74 Å². The Bertz CT molecular complexity index is 402. The third-order valence-electron chi connectivity index (χ3n) is 2.77. The minimum Gasteiger partial charge on any atom is -0.381 e. The number of anilines is 1. The predicted molar refractivity (Wildman–Crippen MR) is 69.7 cm³/mol. The van der Waals surface area contributed by atoms with E-state index in [-0.39, 0.29) is 11.8 Å². The molecule has 1 N–H and O–H groups in total. The van der Waals surface area contributed by atoms with Gasteiger partial charge in [-0.25, -0.2) is 0 Å². The number of nitrogens with zero attached hydrogens (tertiary/aromatic N) is 3. The molecule has 18 heavy (non-hydrogen) atoms. The van der Waals surface area contributed by atoms with Gasteiger partial charge in [0.25, 0.3) is 0 Å². The lowest BCUT2D eigenvalue weighted by Crippen LogP contribution is -2.22. The fraction of sp³-hybridized carbons (Fsp3) is 0.727. The van der Waals surface area contributed by atoms with Gasteiger partial charge >= 0.3 is 0 Å². The summed E-state index contributed by atoms with van der Waals surface area (Å²) in [7, 11) is 4.04. The fourth-order valence-electron chi connectivity index (χ4n) is 1.67. The van der Waals surface area contributed by atoms with Crippen LogP contribution in [0.3, 0.4) is 0 Å². The normalized spacial score (nSPS) is 19.4. The minimum atomic E-state index is -0.0425. The van der Waals surface area contributed by atoms with E-state index in [1.54, 1.807) is 0 Å². The van der Waals surface area contributed by atoms with Crippen molar-refractivity contribution in [2.45, 2.75) is 12.8 Å². The molecule has 1 fully saturated rings. The molecule has 0 spiro atoms. The first-order chi connectivity index (χ1) is 8.65. The first kappa shape index (κ1) is 13.4. The zero-order chi connectivity index (χ0) is 13.0. The molecule has 1 unspecified atom stereocenters. The zero-order valence-corrected chi connectivity index (χ0v) is 11.5. The van der Waals surface area contributed by atoms with Crippen molar-refractivity contribution in [3.8, 4) is 0 Å². The van der Waals surface area contributed by atoms with Gasteiger partial charge in [0.15, 0.2) is 0 Å². The Morgan fingerprint density at radius 2 is 2.39 bits per heavy atom. The van der Waals surface area contributed by atoms with Crippen LogP contribution in [0.5, 0.6) is 0 Å². The third-order valence-corrected chi connectivity index (χ3v) is 3.67. The number of aromatic nitrogens is 2. The molecule has 1 amide bonds. The molecule has 1 saturated heterocycles. The maximum atomic E-state index is 11.8. The smallest absolute Gasteiger partial charge is 0.231 e. The summed E-state index contributed by atoms with van der Waals surface area (Å²) in [6.45, 7) is 2.11. The van der Waals surface area contributed by atoms with Crippen molar-refractivity contribution in [3.05, 3.63) is 5.01 Å². The zero-order valence-electron chi connectivity index (χ0n) is 10.7. The summed E-state index contributed by atoms with van der Waals surface area (Å²) in [6, 6.07) is 0. The van der Waals surface area contributed by atoms with Gasteiger partial charge in [0, 0.05) is 19.6 Å². The lowest BCUT2D eigenvalue weighted by Gasteiger charge is -2.06. The lowest BCUT2D eigenvalue weighted by molar-refractivity contribution is -0.119. The highest BCUT2D eigenvalue weighted by molar-refractivity contribution is 7.15. The highest BCUT2D eigenvalue weighted by Gasteiger charge is 2.24. The van der Waals surface area contributed by atoms with Crippen molar-refractivity contribution in [1.29, 1.82) is 0 Å². The molecule has 1 aromatic rings. The van der Waals surface area contributed by atoms with Gasteiger partial charge in [-0.1, -0.05) is 11.3 Å². The molecule has 6 nitrogen and oxygen atoms in total. The van der Waals surface area contributed by atoms with E-state index in [2.05, 4.69) is 20.4 Å². The highest BCUT2D eigenvalue weighted by Crippen LogP contribution is 2.19. The Hall–Kier alpha value is -1.05. The summed E-state index contributed by atoms with van der Waals surface area (Å²) < 4.78 is 5.19. The van der Waals surface area contributed by atoms with Gasteiger partial charge in [-0.05, 0) is 20.5 Å². The number of hydrogen-bond acceptors (Lipinski definition) is 6. The van der Waals surface area contributed by atoms with E-state index in [0.29, 0.717) is 18.3 Å². The van der Waals surface area contributed by atoms with Crippen LogP contribution in [-0.4, -0.2) is 54.9 Å². The Kier molecular flexibility index (Phi) is 4.62. The van der Waals surface area contributed by atoms with Crippen molar-refractivity contribution in [2.24, 2.45) is 5.92 Å². The molecule has 1 atom stereocenters. The number of likely N-dealkylation sites (N-methyl/N-ethyl adjacent to an activating group) is 1. The molecule has 2 rings (SSSR count). The summed E-state index contributed by atoms with van der Waals surface area (Å²) in [5.41, 5.74) is 0. The van der Waals surface area contributed by atoms with Crippen molar-refractivity contribution < 1.29 is 9.53 Å². The van der Waals surface area contributed by atoms with Gasteiger partial charge in [0.1, 0.15) is 5.01 Å². The highest BCUT2D eigenvalue weighted by atomic mass is 32.1. The predicted octanol–water partition coefficient (Wildman–Crippen LogP) is 0.617. The van der Waals surface area contributed by atoms with E-state index >= 15 is 0 Å². The van der Waals surface area contributed by atoms with Crippen molar-refractivity contribution in [2.75, 3.05) is 39.2 Å². The standard InChI is InChI=1S/C11H18N4O2S/c1-15(2)5-3-9-13-14-11(18-9)12-10(16)8-4-6-17-7-8/h8H,3-7H2,1-2H3,(H,12,14,16). The molecular formula is C11H18N4O2S. The van der Waals surface area contributed by atoms with Crippen LogP contribution >= 0.6 is 11.3 Å². The molecule has 0 aliphatic carbocycles. The molecule has 1 aliphatic rings. The molecule has 2 heterocycles. The Balaban J connectivity index is 1.84. The summed E-state index contributed by atoms with van der Waals surface area (Å²) >= 11 is 1.44. The van der Waals surface area contributed by atoms with Crippen LogP contribution in [0.1, 0.15) is 11.4 Å². The quantitative estimate of drug-likeness (QED) is 0.849. The molecule has 7 heteroatoms. The van der Waals surface area contributed by atoms with Crippen LogP contribution in [0.15, 0.2) is 0 Å². The SMILES string of the molecule is CN(C)CCc1nnc(NC(=O)C2CCOC2)s1. The summed E-state index contributed by atoms with van der Waals surface area (Å²) in [5, 5.41) is 12.4. The fourth-order valence-corrected chi connectivity index (χ4v) is 2.40. The third kappa shape index (κ3) is 3.72. The maximum absolute atomic E-state index is 11.8. The molecule has 100 valence electrons. The second-order valence-corrected chi connectivity index (χ2v) is 5.67. The Morgan fingerprint density at radius 3 is 3.06 bits per heavy atom. The van der Waals surface area contributed by atoms with Gasteiger partial charge in [-0.2, -0.15) is 0 Å². The monoisotopic (exact) mass is 270 g/mol. The Morgan fingerprint density at radius 1 is 1.56 bits per heavy atom. The van der Waals surface area contributed by atoms with Crippen LogP contribution in [0.25, 0.3) is 0 Å².